The Morgan fingerprint density at radius 1 is 1.20 bits per heavy atom. The zero-order valence-electron chi connectivity index (χ0n) is 11.7. The van der Waals surface area contributed by atoms with E-state index in [0.717, 1.165) is 19.4 Å². The molecule has 1 saturated carbocycles. The second kappa shape index (κ2) is 5.35. The summed E-state index contributed by atoms with van der Waals surface area (Å²) < 4.78 is 0. The number of carbonyl (C=O) groups is 1. The standard InChI is InChI=1S/C16H22N2O2/c17-13-8-7-12(10-15(13)19)16(20)18-9-3-6-14(18)11-4-1-2-5-11/h7-8,10-11,14,19H,1-6,9,17H2. The largest absolute Gasteiger partial charge is 0.506 e. The number of rotatable bonds is 2. The number of aromatic hydroxyl groups is 1. The molecular formula is C16H22N2O2. The number of anilines is 1. The van der Waals surface area contributed by atoms with Gasteiger partial charge in [-0.15, -0.1) is 0 Å². The fraction of sp³-hybridized carbons (Fsp3) is 0.562. The number of nitrogens with zero attached hydrogens (tertiary/aromatic N) is 1. The van der Waals surface area contributed by atoms with Crippen LogP contribution in [0, 0.1) is 5.92 Å². The summed E-state index contributed by atoms with van der Waals surface area (Å²) in [6.07, 6.45) is 7.31. The summed E-state index contributed by atoms with van der Waals surface area (Å²) in [6, 6.07) is 5.19. The maximum absolute atomic E-state index is 12.7. The number of phenolic OH excluding ortho intramolecular Hbond substituents is 1. The van der Waals surface area contributed by atoms with Gasteiger partial charge in [0.2, 0.25) is 0 Å². The van der Waals surface area contributed by atoms with Gasteiger partial charge in [-0.1, -0.05) is 12.8 Å². The van der Waals surface area contributed by atoms with Crippen LogP contribution in [0.4, 0.5) is 5.69 Å². The third-order valence-electron chi connectivity index (χ3n) is 4.78. The van der Waals surface area contributed by atoms with Crippen LogP contribution in [0.5, 0.6) is 5.75 Å². The second-order valence-corrected chi connectivity index (χ2v) is 6.03. The number of phenols is 1. The fourth-order valence-electron chi connectivity index (χ4n) is 3.72. The maximum atomic E-state index is 12.7. The molecule has 1 aromatic carbocycles. The van der Waals surface area contributed by atoms with Crippen molar-refractivity contribution in [2.75, 3.05) is 12.3 Å². The molecule has 1 aliphatic carbocycles. The summed E-state index contributed by atoms with van der Waals surface area (Å²) in [5, 5.41) is 9.67. The molecule has 1 aliphatic heterocycles. The summed E-state index contributed by atoms with van der Waals surface area (Å²) in [5.74, 6) is 0.700. The van der Waals surface area contributed by atoms with E-state index in [1.807, 2.05) is 4.90 Å². The number of nitrogen functional groups attached to an aromatic ring is 1. The van der Waals surface area contributed by atoms with Crippen molar-refractivity contribution in [1.29, 1.82) is 0 Å². The molecule has 1 saturated heterocycles. The minimum atomic E-state index is -0.00698. The first-order chi connectivity index (χ1) is 9.66. The van der Waals surface area contributed by atoms with Crippen molar-refractivity contribution in [3.63, 3.8) is 0 Å². The van der Waals surface area contributed by atoms with Gasteiger partial charge < -0.3 is 15.7 Å². The van der Waals surface area contributed by atoms with Crippen LogP contribution in [-0.4, -0.2) is 28.5 Å². The molecule has 0 aromatic heterocycles. The second-order valence-electron chi connectivity index (χ2n) is 6.03. The Kier molecular flexibility index (Phi) is 3.55. The van der Waals surface area contributed by atoms with E-state index in [9.17, 15) is 9.90 Å². The van der Waals surface area contributed by atoms with Crippen molar-refractivity contribution in [3.8, 4) is 5.75 Å². The average molecular weight is 274 g/mol. The first-order valence-electron chi connectivity index (χ1n) is 7.56. The lowest BCUT2D eigenvalue weighted by molar-refractivity contribution is 0.0688. The number of likely N-dealkylation sites (tertiary alicyclic amines) is 1. The van der Waals surface area contributed by atoms with Crippen LogP contribution in [-0.2, 0) is 0 Å². The topological polar surface area (TPSA) is 66.6 Å². The summed E-state index contributed by atoms with van der Waals surface area (Å²) in [5.41, 5.74) is 6.45. The van der Waals surface area contributed by atoms with Crippen molar-refractivity contribution in [1.82, 2.24) is 4.90 Å². The summed E-state index contributed by atoms with van der Waals surface area (Å²) >= 11 is 0. The van der Waals surface area contributed by atoms with Crippen molar-refractivity contribution in [3.05, 3.63) is 23.8 Å². The fourth-order valence-corrected chi connectivity index (χ4v) is 3.72. The van der Waals surface area contributed by atoms with Crippen LogP contribution in [0.3, 0.4) is 0 Å². The Labute approximate surface area is 119 Å². The molecule has 2 fully saturated rings. The van der Waals surface area contributed by atoms with Crippen LogP contribution >= 0.6 is 0 Å². The van der Waals surface area contributed by atoms with Gasteiger partial charge in [-0.2, -0.15) is 0 Å². The Morgan fingerprint density at radius 3 is 2.65 bits per heavy atom. The van der Waals surface area contributed by atoms with Crippen LogP contribution in [0.15, 0.2) is 18.2 Å². The molecule has 1 heterocycles. The number of nitrogens with two attached hydrogens (primary N) is 1. The SMILES string of the molecule is Nc1ccc(C(=O)N2CCCC2C2CCCC2)cc1O. The Hall–Kier alpha value is -1.71. The van der Waals surface area contributed by atoms with E-state index in [-0.39, 0.29) is 11.7 Å². The van der Waals surface area contributed by atoms with Gasteiger partial charge in [0, 0.05) is 18.2 Å². The zero-order chi connectivity index (χ0) is 14.1. The van der Waals surface area contributed by atoms with Gasteiger partial charge in [0.05, 0.1) is 5.69 Å². The third kappa shape index (κ3) is 2.35. The van der Waals surface area contributed by atoms with E-state index < -0.39 is 0 Å². The Bertz CT molecular complexity index is 509. The van der Waals surface area contributed by atoms with Gasteiger partial charge >= 0.3 is 0 Å². The molecule has 0 spiro atoms. The van der Waals surface area contributed by atoms with E-state index in [1.54, 1.807) is 12.1 Å². The van der Waals surface area contributed by atoms with Gasteiger partial charge in [-0.05, 0) is 49.8 Å². The van der Waals surface area contributed by atoms with Crippen LogP contribution in [0.25, 0.3) is 0 Å². The van der Waals surface area contributed by atoms with E-state index in [1.165, 1.54) is 31.7 Å². The minimum Gasteiger partial charge on any atom is -0.506 e. The monoisotopic (exact) mass is 274 g/mol. The summed E-state index contributed by atoms with van der Waals surface area (Å²) in [7, 11) is 0. The normalized spacial score (nSPS) is 23.4. The number of carbonyl (C=O) groups excluding carboxylic acids is 1. The predicted octanol–water partition coefficient (Wildman–Crippen LogP) is 2.77. The van der Waals surface area contributed by atoms with Gasteiger partial charge in [0.15, 0.2) is 0 Å². The highest BCUT2D eigenvalue weighted by Gasteiger charge is 2.36. The quantitative estimate of drug-likeness (QED) is 0.643. The maximum Gasteiger partial charge on any atom is 0.254 e. The van der Waals surface area contributed by atoms with E-state index >= 15 is 0 Å². The number of hydrogen-bond donors (Lipinski definition) is 2. The molecular weight excluding hydrogens is 252 g/mol. The number of amides is 1. The van der Waals surface area contributed by atoms with Crippen LogP contribution < -0.4 is 5.73 Å². The molecule has 1 unspecified atom stereocenters. The molecule has 0 bridgehead atoms. The summed E-state index contributed by atoms with van der Waals surface area (Å²) in [4.78, 5) is 14.7. The first-order valence-corrected chi connectivity index (χ1v) is 7.56. The van der Waals surface area contributed by atoms with E-state index in [2.05, 4.69) is 0 Å². The lowest BCUT2D eigenvalue weighted by atomic mass is 9.95. The van der Waals surface area contributed by atoms with Crippen LogP contribution in [0.1, 0.15) is 48.9 Å². The highest BCUT2D eigenvalue weighted by atomic mass is 16.3. The van der Waals surface area contributed by atoms with Crippen molar-refractivity contribution in [2.45, 2.75) is 44.6 Å². The highest BCUT2D eigenvalue weighted by molar-refractivity contribution is 5.95. The molecule has 2 aliphatic rings. The zero-order valence-corrected chi connectivity index (χ0v) is 11.7. The minimum absolute atomic E-state index is 0.00698. The molecule has 3 rings (SSSR count). The van der Waals surface area contributed by atoms with E-state index in [4.69, 9.17) is 5.73 Å². The lowest BCUT2D eigenvalue weighted by Crippen LogP contribution is -2.39. The smallest absolute Gasteiger partial charge is 0.254 e. The molecule has 108 valence electrons. The first kappa shape index (κ1) is 13.3. The van der Waals surface area contributed by atoms with Gasteiger partial charge in [-0.25, -0.2) is 0 Å². The third-order valence-corrected chi connectivity index (χ3v) is 4.78. The lowest BCUT2D eigenvalue weighted by Gasteiger charge is -2.29. The molecule has 20 heavy (non-hydrogen) atoms. The van der Waals surface area contributed by atoms with E-state index in [0.29, 0.717) is 23.2 Å². The number of benzene rings is 1. The predicted molar refractivity (Wildman–Crippen MR) is 78.5 cm³/mol. The van der Waals surface area contributed by atoms with Crippen molar-refractivity contribution >= 4 is 11.6 Å². The number of hydrogen-bond acceptors (Lipinski definition) is 3. The average Bonchev–Trinajstić information content (AvgIpc) is 3.10. The molecule has 1 aromatic rings. The van der Waals surface area contributed by atoms with Gasteiger partial charge in [-0.3, -0.25) is 4.79 Å². The molecule has 1 atom stereocenters. The molecule has 0 radical (unpaired) electrons. The van der Waals surface area contributed by atoms with Crippen molar-refractivity contribution in [2.24, 2.45) is 5.92 Å². The summed E-state index contributed by atoms with van der Waals surface area (Å²) in [6.45, 7) is 0.838. The Balaban J connectivity index is 1.79. The van der Waals surface area contributed by atoms with Crippen molar-refractivity contribution < 1.29 is 9.90 Å². The Morgan fingerprint density at radius 2 is 1.95 bits per heavy atom. The van der Waals surface area contributed by atoms with Gasteiger partial charge in [0.25, 0.3) is 5.91 Å². The molecule has 4 nitrogen and oxygen atoms in total. The molecule has 3 N–H and O–H groups in total. The van der Waals surface area contributed by atoms with Gasteiger partial charge in [0.1, 0.15) is 5.75 Å². The molecule has 4 heteroatoms. The van der Waals surface area contributed by atoms with Crippen LogP contribution in [0.2, 0.25) is 0 Å². The highest BCUT2D eigenvalue weighted by Crippen LogP contribution is 2.36. The molecule has 1 amide bonds.